The van der Waals surface area contributed by atoms with Gasteiger partial charge in [-0.1, -0.05) is 78.3 Å². The number of esters is 1. The van der Waals surface area contributed by atoms with Gasteiger partial charge in [-0.05, 0) is 29.3 Å². The zero-order valence-electron chi connectivity index (χ0n) is 17.4. The van der Waals surface area contributed by atoms with Crippen LogP contribution < -0.4 is 0 Å². The lowest BCUT2D eigenvalue weighted by Gasteiger charge is -2.45. The second kappa shape index (κ2) is 9.25. The molecule has 164 valence electrons. The molecule has 1 aromatic heterocycles. The molecule has 0 N–H and O–H groups in total. The van der Waals surface area contributed by atoms with Gasteiger partial charge >= 0.3 is 5.97 Å². The molecule has 1 fully saturated rings. The van der Waals surface area contributed by atoms with Gasteiger partial charge in [-0.25, -0.2) is 4.79 Å². The molecule has 1 amide bonds. The molecule has 3 heterocycles. The lowest BCUT2D eigenvalue weighted by Crippen LogP contribution is -2.56. The smallest absolute Gasteiger partial charge is 0.357 e. The van der Waals surface area contributed by atoms with Crippen molar-refractivity contribution >= 4 is 41.3 Å². The van der Waals surface area contributed by atoms with Gasteiger partial charge in [-0.15, -0.1) is 11.8 Å². The maximum Gasteiger partial charge on any atom is 0.357 e. The molecule has 1 saturated heterocycles. The van der Waals surface area contributed by atoms with Crippen LogP contribution in [0.25, 0.3) is 6.08 Å². The van der Waals surface area contributed by atoms with Crippen LogP contribution in [0.15, 0.2) is 101 Å². The average molecular weight is 475 g/mol. The van der Waals surface area contributed by atoms with E-state index in [4.69, 9.17) is 16.3 Å². The molecule has 0 spiro atoms. The maximum atomic E-state index is 13.4. The molecule has 5 nitrogen and oxygen atoms in total. The van der Waals surface area contributed by atoms with Gasteiger partial charge in [0.25, 0.3) is 5.91 Å². The Morgan fingerprint density at radius 1 is 1.03 bits per heavy atom. The molecular formula is C26H19ClN2O3S. The van der Waals surface area contributed by atoms with Crippen LogP contribution in [0.5, 0.6) is 0 Å². The van der Waals surface area contributed by atoms with Crippen LogP contribution in [0.4, 0.5) is 0 Å². The molecule has 1 atom stereocenters. The van der Waals surface area contributed by atoms with Crippen LogP contribution in [0.1, 0.15) is 22.9 Å². The average Bonchev–Trinajstić information content (AvgIpc) is 2.87. The zero-order chi connectivity index (χ0) is 22.8. The van der Waals surface area contributed by atoms with E-state index < -0.39 is 12.1 Å². The first-order chi connectivity index (χ1) is 16.1. The van der Waals surface area contributed by atoms with Gasteiger partial charge in [0.05, 0.1) is 16.3 Å². The number of ether oxygens (including phenoxy) is 1. The second-order valence-corrected chi connectivity index (χ2v) is 9.08. The van der Waals surface area contributed by atoms with Gasteiger partial charge < -0.3 is 4.74 Å². The molecule has 3 aromatic rings. The highest BCUT2D eigenvalue weighted by Crippen LogP contribution is 2.45. The van der Waals surface area contributed by atoms with Crippen molar-refractivity contribution in [2.75, 3.05) is 5.75 Å². The summed E-state index contributed by atoms with van der Waals surface area (Å²) in [6, 6.07) is 24.5. The highest BCUT2D eigenvalue weighted by atomic mass is 35.5. The number of β-lactam (4-membered cyclic amide) rings is 1. The zero-order valence-corrected chi connectivity index (χ0v) is 19.0. The number of hydrogen-bond acceptors (Lipinski definition) is 5. The quantitative estimate of drug-likeness (QED) is 0.290. The predicted molar refractivity (Wildman–Crippen MR) is 129 cm³/mol. The Balaban J connectivity index is 1.43. The van der Waals surface area contributed by atoms with Gasteiger partial charge in [0.15, 0.2) is 6.10 Å². The van der Waals surface area contributed by atoms with E-state index in [1.807, 2.05) is 78.9 Å². The first-order valence-corrected chi connectivity index (χ1v) is 11.8. The molecule has 33 heavy (non-hydrogen) atoms. The van der Waals surface area contributed by atoms with E-state index in [0.29, 0.717) is 22.1 Å². The number of carbonyl (C=O) groups is 2. The predicted octanol–water partition coefficient (Wildman–Crippen LogP) is 5.16. The Labute approximate surface area is 200 Å². The van der Waals surface area contributed by atoms with Gasteiger partial charge in [0.1, 0.15) is 11.1 Å². The Morgan fingerprint density at radius 2 is 1.67 bits per heavy atom. The number of amides is 1. The fourth-order valence-corrected chi connectivity index (χ4v) is 5.37. The summed E-state index contributed by atoms with van der Waals surface area (Å²) in [7, 11) is 0. The summed E-state index contributed by atoms with van der Waals surface area (Å²) in [5, 5.41) is 0.0165. The topological polar surface area (TPSA) is 59.5 Å². The molecular weight excluding hydrogens is 456 g/mol. The molecule has 0 saturated carbocycles. The molecule has 0 aliphatic carbocycles. The van der Waals surface area contributed by atoms with E-state index in [-0.39, 0.29) is 17.0 Å². The van der Waals surface area contributed by atoms with Crippen molar-refractivity contribution in [2.45, 2.75) is 11.5 Å². The Kier molecular flexibility index (Phi) is 6.03. The Morgan fingerprint density at radius 3 is 2.27 bits per heavy atom. The number of thioether (sulfide) groups is 1. The van der Waals surface area contributed by atoms with Crippen LogP contribution in [-0.4, -0.2) is 32.9 Å². The number of halogens is 1. The molecule has 7 heteroatoms. The van der Waals surface area contributed by atoms with Crippen molar-refractivity contribution < 1.29 is 14.3 Å². The first kappa shape index (κ1) is 21.5. The monoisotopic (exact) mass is 474 g/mol. The van der Waals surface area contributed by atoms with Gasteiger partial charge in [-0.3, -0.25) is 14.7 Å². The van der Waals surface area contributed by atoms with Gasteiger partial charge in [-0.2, -0.15) is 0 Å². The van der Waals surface area contributed by atoms with Crippen molar-refractivity contribution in [3.8, 4) is 0 Å². The van der Waals surface area contributed by atoms with E-state index in [0.717, 1.165) is 11.1 Å². The minimum Gasteiger partial charge on any atom is -0.448 e. The third kappa shape index (κ3) is 4.19. The van der Waals surface area contributed by atoms with E-state index in [1.165, 1.54) is 16.7 Å². The number of benzene rings is 2. The molecule has 0 bridgehead atoms. The van der Waals surface area contributed by atoms with Crippen LogP contribution in [0.3, 0.4) is 0 Å². The number of fused-ring (bicyclic) bond motifs is 1. The van der Waals surface area contributed by atoms with Gasteiger partial charge in [0, 0.05) is 11.9 Å². The summed E-state index contributed by atoms with van der Waals surface area (Å²) in [6.07, 6.45) is 2.81. The van der Waals surface area contributed by atoms with Crippen LogP contribution in [0.2, 0.25) is 0 Å². The molecule has 0 unspecified atom stereocenters. The van der Waals surface area contributed by atoms with Crippen molar-refractivity contribution in [1.82, 2.24) is 9.88 Å². The SMILES string of the molecule is O=C(OC(c1ccccc1)c1ccccc1)C1=C(Cl)CS[C@H]2C(=Cc3ccccn3)C(=O)N12. The molecule has 5 rings (SSSR count). The lowest BCUT2D eigenvalue weighted by atomic mass is 10.0. The van der Waals surface area contributed by atoms with Crippen molar-refractivity contribution in [3.05, 3.63) is 118 Å². The molecule has 2 aliphatic rings. The maximum absolute atomic E-state index is 13.4. The van der Waals surface area contributed by atoms with Crippen molar-refractivity contribution in [1.29, 1.82) is 0 Å². The number of pyridine rings is 1. The molecule has 0 radical (unpaired) electrons. The normalized spacial score (nSPS) is 18.8. The largest absolute Gasteiger partial charge is 0.448 e. The summed E-state index contributed by atoms with van der Waals surface area (Å²) in [4.78, 5) is 32.1. The van der Waals surface area contributed by atoms with Crippen LogP contribution >= 0.6 is 23.4 Å². The highest BCUT2D eigenvalue weighted by Gasteiger charge is 2.50. The minimum atomic E-state index is -0.621. The van der Waals surface area contributed by atoms with Crippen molar-refractivity contribution in [3.63, 3.8) is 0 Å². The summed E-state index contributed by atoms with van der Waals surface area (Å²) in [5.74, 6) is -0.464. The standard InChI is InChI=1S/C26H19ClN2O3S/c27-21-16-33-25-20(15-19-13-7-8-14-28-19)24(30)29(25)22(21)26(31)32-23(17-9-3-1-4-10-17)18-11-5-2-6-12-18/h1-15,23,25H,16H2/t25-/m0/s1. The van der Waals surface area contributed by atoms with E-state index >= 15 is 0 Å². The highest BCUT2D eigenvalue weighted by molar-refractivity contribution is 8.00. The van der Waals surface area contributed by atoms with Crippen molar-refractivity contribution in [2.24, 2.45) is 0 Å². The summed E-state index contributed by atoms with van der Waals surface area (Å²) in [5.41, 5.74) is 3.07. The Hall–Kier alpha value is -3.35. The molecule has 2 aliphatic heterocycles. The fraction of sp³-hybridized carbons (Fsp3) is 0.115. The summed E-state index contributed by atoms with van der Waals surface area (Å²) in [6.45, 7) is 0. The van der Waals surface area contributed by atoms with E-state index in [9.17, 15) is 9.59 Å². The third-order valence-electron chi connectivity index (χ3n) is 5.45. The number of aromatic nitrogens is 1. The van der Waals surface area contributed by atoms with Gasteiger partial charge in [0.2, 0.25) is 0 Å². The second-order valence-electron chi connectivity index (χ2n) is 7.55. The van der Waals surface area contributed by atoms with Crippen LogP contribution in [0, 0.1) is 0 Å². The number of carbonyl (C=O) groups excluding carboxylic acids is 2. The fourth-order valence-electron chi connectivity index (χ4n) is 3.87. The number of hydrogen-bond donors (Lipinski definition) is 0. The van der Waals surface area contributed by atoms with E-state index in [2.05, 4.69) is 4.98 Å². The first-order valence-electron chi connectivity index (χ1n) is 10.4. The Bertz CT molecular complexity index is 1210. The number of rotatable bonds is 5. The minimum absolute atomic E-state index is 0.112. The summed E-state index contributed by atoms with van der Waals surface area (Å²) >= 11 is 7.95. The lowest BCUT2D eigenvalue weighted by molar-refractivity contribution is -0.149. The third-order valence-corrected chi connectivity index (χ3v) is 7.15. The molecule has 2 aromatic carbocycles. The van der Waals surface area contributed by atoms with Crippen LogP contribution in [-0.2, 0) is 14.3 Å². The van der Waals surface area contributed by atoms with E-state index in [1.54, 1.807) is 12.3 Å². The number of nitrogens with zero attached hydrogens (tertiary/aromatic N) is 2. The summed E-state index contributed by atoms with van der Waals surface area (Å²) < 4.78 is 5.97.